The van der Waals surface area contributed by atoms with E-state index >= 15 is 0 Å². The molecule has 1 aromatic carbocycles. The van der Waals surface area contributed by atoms with E-state index in [4.69, 9.17) is 4.74 Å². The molecule has 0 atom stereocenters. The summed E-state index contributed by atoms with van der Waals surface area (Å²) in [5, 5.41) is 3.25. The summed E-state index contributed by atoms with van der Waals surface area (Å²) in [5.41, 5.74) is 1.00. The SMILES string of the molecule is COc1ccc(Nc2ccnc(C)n2)c(I)c1. The Bertz CT molecular complexity index is 531. The van der Waals surface area contributed by atoms with Crippen LogP contribution in [0.2, 0.25) is 0 Å². The Morgan fingerprint density at radius 1 is 1.29 bits per heavy atom. The number of aryl methyl sites for hydroxylation is 1. The van der Waals surface area contributed by atoms with Gasteiger partial charge in [-0.25, -0.2) is 9.97 Å². The van der Waals surface area contributed by atoms with Crippen LogP contribution in [0.5, 0.6) is 5.75 Å². The largest absolute Gasteiger partial charge is 0.497 e. The van der Waals surface area contributed by atoms with Crippen molar-refractivity contribution in [1.29, 1.82) is 0 Å². The van der Waals surface area contributed by atoms with Crippen molar-refractivity contribution >= 4 is 34.1 Å². The summed E-state index contributed by atoms with van der Waals surface area (Å²) >= 11 is 2.26. The fraction of sp³-hybridized carbons (Fsp3) is 0.167. The number of anilines is 2. The summed E-state index contributed by atoms with van der Waals surface area (Å²) in [6.45, 7) is 1.87. The van der Waals surface area contributed by atoms with Gasteiger partial charge in [0.25, 0.3) is 0 Å². The first-order valence-electron chi connectivity index (χ1n) is 5.09. The maximum absolute atomic E-state index is 5.16. The summed E-state index contributed by atoms with van der Waals surface area (Å²) in [6, 6.07) is 7.70. The summed E-state index contributed by atoms with van der Waals surface area (Å²) < 4.78 is 6.24. The second-order valence-electron chi connectivity index (χ2n) is 3.46. The highest BCUT2D eigenvalue weighted by Crippen LogP contribution is 2.25. The lowest BCUT2D eigenvalue weighted by molar-refractivity contribution is 0.414. The maximum Gasteiger partial charge on any atom is 0.134 e. The van der Waals surface area contributed by atoms with E-state index in [0.717, 1.165) is 26.6 Å². The second-order valence-corrected chi connectivity index (χ2v) is 4.62. The summed E-state index contributed by atoms with van der Waals surface area (Å²) in [5.74, 6) is 2.39. The van der Waals surface area contributed by atoms with Crippen LogP contribution < -0.4 is 10.1 Å². The molecule has 0 aliphatic rings. The van der Waals surface area contributed by atoms with Crippen molar-refractivity contribution in [3.63, 3.8) is 0 Å². The molecule has 5 heteroatoms. The molecule has 1 aromatic heterocycles. The van der Waals surface area contributed by atoms with Crippen molar-refractivity contribution in [3.8, 4) is 5.75 Å². The molecule has 0 spiro atoms. The van der Waals surface area contributed by atoms with E-state index in [1.165, 1.54) is 0 Å². The smallest absolute Gasteiger partial charge is 0.134 e. The summed E-state index contributed by atoms with van der Waals surface area (Å²) in [6.07, 6.45) is 1.74. The van der Waals surface area contributed by atoms with Crippen molar-refractivity contribution in [2.45, 2.75) is 6.92 Å². The number of rotatable bonds is 3. The molecule has 0 unspecified atom stereocenters. The monoisotopic (exact) mass is 341 g/mol. The Kier molecular flexibility index (Phi) is 3.78. The molecule has 0 amide bonds. The Labute approximate surface area is 114 Å². The minimum absolute atomic E-state index is 0.749. The first kappa shape index (κ1) is 12.1. The van der Waals surface area contributed by atoms with Crippen LogP contribution in [0.3, 0.4) is 0 Å². The summed E-state index contributed by atoms with van der Waals surface area (Å²) in [4.78, 5) is 8.35. The van der Waals surface area contributed by atoms with E-state index in [-0.39, 0.29) is 0 Å². The van der Waals surface area contributed by atoms with Gasteiger partial charge in [0.05, 0.1) is 12.8 Å². The van der Waals surface area contributed by atoms with E-state index < -0.39 is 0 Å². The minimum atomic E-state index is 0.749. The number of ether oxygens (including phenoxy) is 1. The first-order chi connectivity index (χ1) is 8.19. The van der Waals surface area contributed by atoms with E-state index in [0.29, 0.717) is 0 Å². The van der Waals surface area contributed by atoms with Crippen LogP contribution >= 0.6 is 22.6 Å². The van der Waals surface area contributed by atoms with Gasteiger partial charge in [-0.2, -0.15) is 0 Å². The normalized spacial score (nSPS) is 10.1. The molecule has 0 aliphatic heterocycles. The zero-order valence-corrected chi connectivity index (χ0v) is 11.7. The number of halogens is 1. The molecule has 2 aromatic rings. The molecular weight excluding hydrogens is 329 g/mol. The van der Waals surface area contributed by atoms with Crippen LogP contribution in [-0.4, -0.2) is 17.1 Å². The molecular formula is C12H12IN3O. The molecule has 2 rings (SSSR count). The predicted molar refractivity (Wildman–Crippen MR) is 75.8 cm³/mol. The van der Waals surface area contributed by atoms with Crippen LogP contribution in [0.25, 0.3) is 0 Å². The Morgan fingerprint density at radius 3 is 2.76 bits per heavy atom. The third kappa shape index (κ3) is 3.06. The number of aromatic nitrogens is 2. The predicted octanol–water partition coefficient (Wildman–Crippen LogP) is 3.14. The molecule has 0 saturated heterocycles. The number of methoxy groups -OCH3 is 1. The van der Waals surface area contributed by atoms with Gasteiger partial charge in [0.1, 0.15) is 17.4 Å². The van der Waals surface area contributed by atoms with Crippen molar-refractivity contribution < 1.29 is 4.74 Å². The molecule has 4 nitrogen and oxygen atoms in total. The molecule has 1 N–H and O–H groups in total. The van der Waals surface area contributed by atoms with E-state index in [1.807, 2.05) is 31.2 Å². The van der Waals surface area contributed by atoms with Gasteiger partial charge in [-0.05, 0) is 53.8 Å². The molecule has 0 bridgehead atoms. The number of hydrogen-bond donors (Lipinski definition) is 1. The number of hydrogen-bond acceptors (Lipinski definition) is 4. The van der Waals surface area contributed by atoms with Crippen molar-refractivity contribution in [3.05, 3.63) is 39.9 Å². The van der Waals surface area contributed by atoms with Gasteiger partial charge >= 0.3 is 0 Å². The van der Waals surface area contributed by atoms with Gasteiger partial charge < -0.3 is 10.1 Å². The maximum atomic E-state index is 5.16. The van der Waals surface area contributed by atoms with Crippen LogP contribution in [0.15, 0.2) is 30.5 Å². The molecule has 17 heavy (non-hydrogen) atoms. The molecule has 0 fully saturated rings. The molecule has 0 radical (unpaired) electrons. The highest BCUT2D eigenvalue weighted by Gasteiger charge is 2.03. The van der Waals surface area contributed by atoms with Crippen molar-refractivity contribution in [2.24, 2.45) is 0 Å². The number of nitrogens with zero attached hydrogens (tertiary/aromatic N) is 2. The van der Waals surface area contributed by atoms with Crippen LogP contribution in [0.1, 0.15) is 5.82 Å². The topological polar surface area (TPSA) is 47.0 Å². The van der Waals surface area contributed by atoms with Crippen LogP contribution in [0.4, 0.5) is 11.5 Å². The number of nitrogens with one attached hydrogen (secondary N) is 1. The number of benzene rings is 1. The highest BCUT2D eigenvalue weighted by molar-refractivity contribution is 14.1. The van der Waals surface area contributed by atoms with Gasteiger partial charge in [0, 0.05) is 9.77 Å². The lowest BCUT2D eigenvalue weighted by Crippen LogP contribution is -1.98. The summed E-state index contributed by atoms with van der Waals surface area (Å²) in [7, 11) is 1.66. The molecule has 0 saturated carbocycles. The fourth-order valence-corrected chi connectivity index (χ4v) is 2.01. The zero-order chi connectivity index (χ0) is 12.3. The average molecular weight is 341 g/mol. The van der Waals surface area contributed by atoms with Gasteiger partial charge in [-0.15, -0.1) is 0 Å². The lowest BCUT2D eigenvalue weighted by atomic mass is 10.3. The third-order valence-corrected chi connectivity index (χ3v) is 3.11. The zero-order valence-electron chi connectivity index (χ0n) is 9.57. The van der Waals surface area contributed by atoms with E-state index in [1.54, 1.807) is 13.3 Å². The average Bonchev–Trinajstić information content (AvgIpc) is 2.32. The molecule has 0 aliphatic carbocycles. The van der Waals surface area contributed by atoms with Gasteiger partial charge in [0.15, 0.2) is 0 Å². The standard InChI is InChI=1S/C12H12IN3O/c1-8-14-6-5-12(15-8)16-11-4-3-9(17-2)7-10(11)13/h3-7H,1-2H3,(H,14,15,16). The van der Waals surface area contributed by atoms with E-state index in [2.05, 4.69) is 37.9 Å². The fourth-order valence-electron chi connectivity index (χ4n) is 1.39. The minimum Gasteiger partial charge on any atom is -0.497 e. The van der Waals surface area contributed by atoms with Gasteiger partial charge in [0.2, 0.25) is 0 Å². The Morgan fingerprint density at radius 2 is 2.12 bits per heavy atom. The lowest BCUT2D eigenvalue weighted by Gasteiger charge is -2.09. The Hall–Kier alpha value is -1.37. The Balaban J connectivity index is 2.24. The van der Waals surface area contributed by atoms with Gasteiger partial charge in [-0.1, -0.05) is 0 Å². The third-order valence-electron chi connectivity index (χ3n) is 2.22. The quantitative estimate of drug-likeness (QED) is 0.872. The van der Waals surface area contributed by atoms with E-state index in [9.17, 15) is 0 Å². The highest BCUT2D eigenvalue weighted by atomic mass is 127. The second kappa shape index (κ2) is 5.31. The van der Waals surface area contributed by atoms with Gasteiger partial charge in [-0.3, -0.25) is 0 Å². The first-order valence-corrected chi connectivity index (χ1v) is 6.17. The molecule has 1 heterocycles. The van der Waals surface area contributed by atoms with Crippen molar-refractivity contribution in [1.82, 2.24) is 9.97 Å². The van der Waals surface area contributed by atoms with Crippen LogP contribution in [-0.2, 0) is 0 Å². The van der Waals surface area contributed by atoms with Crippen LogP contribution in [0, 0.1) is 10.5 Å². The van der Waals surface area contributed by atoms with Crippen molar-refractivity contribution in [2.75, 3.05) is 12.4 Å². The molecule has 88 valence electrons.